The topological polar surface area (TPSA) is 12.0 Å². The number of hydrogen-bond acceptors (Lipinski definition) is 1. The van der Waals surface area contributed by atoms with Gasteiger partial charge in [-0.25, -0.2) is 0 Å². The minimum absolute atomic E-state index is 0.844. The van der Waals surface area contributed by atoms with Crippen LogP contribution in [-0.2, 0) is 0 Å². The Kier molecular flexibility index (Phi) is 1.85. The van der Waals surface area contributed by atoms with Crippen molar-refractivity contribution < 1.29 is 0 Å². The molecule has 0 bridgehead atoms. The number of rotatable bonds is 0. The van der Waals surface area contributed by atoms with Gasteiger partial charge in [0, 0.05) is 17.7 Å². The first-order valence-corrected chi connectivity index (χ1v) is 5.93. The Morgan fingerprint density at radius 1 is 0.923 bits per heavy atom. The van der Waals surface area contributed by atoms with Crippen LogP contribution in [-0.4, -0.2) is 6.04 Å². The summed E-state index contributed by atoms with van der Waals surface area (Å²) in [7, 11) is 0. The fourth-order valence-electron chi connectivity index (χ4n) is 3.45. The summed E-state index contributed by atoms with van der Waals surface area (Å²) in [4.78, 5) is 0. The lowest BCUT2D eigenvalue weighted by Crippen LogP contribution is -2.31. The maximum atomic E-state index is 3.77. The fraction of sp³-hybridized carbons (Fsp3) is 0.833. The van der Waals surface area contributed by atoms with Crippen molar-refractivity contribution >= 4 is 0 Å². The molecule has 1 N–H and O–H groups in total. The zero-order chi connectivity index (χ0) is 8.67. The maximum absolute atomic E-state index is 3.77. The molecule has 1 heterocycles. The van der Waals surface area contributed by atoms with Crippen molar-refractivity contribution in [2.75, 3.05) is 0 Å². The van der Waals surface area contributed by atoms with E-state index in [0.29, 0.717) is 0 Å². The summed E-state index contributed by atoms with van der Waals surface area (Å²) >= 11 is 0. The van der Waals surface area contributed by atoms with Crippen LogP contribution in [0.4, 0.5) is 0 Å². The Morgan fingerprint density at radius 2 is 1.77 bits per heavy atom. The number of hydrogen-bond donors (Lipinski definition) is 1. The van der Waals surface area contributed by atoms with Gasteiger partial charge in [-0.3, -0.25) is 0 Å². The Bertz CT molecular complexity index is 242. The molecule has 0 aromatic heterocycles. The van der Waals surface area contributed by atoms with Crippen LogP contribution in [0.15, 0.2) is 11.3 Å². The highest BCUT2D eigenvalue weighted by atomic mass is 15.0. The molecular weight excluding hydrogens is 158 g/mol. The molecule has 3 rings (SSSR count). The molecule has 2 aliphatic carbocycles. The molecule has 1 unspecified atom stereocenters. The third-order valence-corrected chi connectivity index (χ3v) is 4.08. The van der Waals surface area contributed by atoms with Crippen molar-refractivity contribution in [1.29, 1.82) is 0 Å². The van der Waals surface area contributed by atoms with Crippen LogP contribution >= 0.6 is 0 Å². The van der Waals surface area contributed by atoms with Crippen molar-refractivity contribution in [2.24, 2.45) is 5.92 Å². The molecule has 1 nitrogen and oxygen atoms in total. The second-order valence-electron chi connectivity index (χ2n) is 4.85. The van der Waals surface area contributed by atoms with Crippen LogP contribution in [0, 0.1) is 5.92 Å². The van der Waals surface area contributed by atoms with Gasteiger partial charge in [0.1, 0.15) is 0 Å². The van der Waals surface area contributed by atoms with Gasteiger partial charge in [0.05, 0.1) is 0 Å². The van der Waals surface area contributed by atoms with Gasteiger partial charge in [0.15, 0.2) is 0 Å². The van der Waals surface area contributed by atoms with Gasteiger partial charge in [-0.1, -0.05) is 12.8 Å². The van der Waals surface area contributed by atoms with Gasteiger partial charge < -0.3 is 5.32 Å². The van der Waals surface area contributed by atoms with Crippen LogP contribution in [0.3, 0.4) is 0 Å². The molecule has 0 spiro atoms. The second kappa shape index (κ2) is 3.04. The van der Waals surface area contributed by atoms with E-state index < -0.39 is 0 Å². The predicted octanol–water partition coefficient (Wildman–Crippen LogP) is 2.98. The van der Waals surface area contributed by atoms with Crippen molar-refractivity contribution in [3.63, 3.8) is 0 Å². The van der Waals surface area contributed by atoms with Crippen LogP contribution in [0.2, 0.25) is 0 Å². The van der Waals surface area contributed by atoms with Gasteiger partial charge in [-0.15, -0.1) is 0 Å². The molecule has 1 saturated carbocycles. The Hall–Kier alpha value is -0.460. The Balaban J connectivity index is 1.85. The van der Waals surface area contributed by atoms with E-state index in [0.717, 1.165) is 12.0 Å². The minimum atomic E-state index is 0.844. The van der Waals surface area contributed by atoms with Crippen molar-refractivity contribution in [2.45, 2.75) is 57.4 Å². The Morgan fingerprint density at radius 3 is 2.77 bits per heavy atom. The van der Waals surface area contributed by atoms with E-state index in [9.17, 15) is 0 Å². The average Bonchev–Trinajstić information content (AvgIpc) is 2.56. The third kappa shape index (κ3) is 1.20. The molecule has 1 fully saturated rings. The van der Waals surface area contributed by atoms with E-state index in [1.807, 2.05) is 5.57 Å². The summed E-state index contributed by atoms with van der Waals surface area (Å²) in [5.41, 5.74) is 3.49. The monoisotopic (exact) mass is 177 g/mol. The molecular formula is C12H19N. The second-order valence-corrected chi connectivity index (χ2v) is 4.85. The van der Waals surface area contributed by atoms with E-state index in [1.165, 1.54) is 51.4 Å². The summed E-state index contributed by atoms with van der Waals surface area (Å²) < 4.78 is 0. The van der Waals surface area contributed by atoms with E-state index in [2.05, 4.69) is 5.32 Å². The van der Waals surface area contributed by atoms with Gasteiger partial charge in [-0.05, 0) is 44.1 Å². The highest BCUT2D eigenvalue weighted by molar-refractivity contribution is 5.27. The number of fused-ring (bicyclic) bond motifs is 2. The van der Waals surface area contributed by atoms with Crippen LogP contribution in [0.5, 0.6) is 0 Å². The molecule has 0 amide bonds. The van der Waals surface area contributed by atoms with Crippen molar-refractivity contribution in [1.82, 2.24) is 5.32 Å². The standard InChI is InChI=1S/C12H19N/c1-3-7-11-9(5-1)10-6-2-4-8-12(10)13-11/h9,11,13H,1-8H2/t9-,11?/m0/s1. The van der Waals surface area contributed by atoms with Gasteiger partial charge in [0.2, 0.25) is 0 Å². The van der Waals surface area contributed by atoms with Gasteiger partial charge in [0.25, 0.3) is 0 Å². The quantitative estimate of drug-likeness (QED) is 0.600. The molecule has 0 aromatic carbocycles. The highest BCUT2D eigenvalue weighted by Crippen LogP contribution is 2.42. The highest BCUT2D eigenvalue weighted by Gasteiger charge is 2.36. The van der Waals surface area contributed by atoms with Crippen molar-refractivity contribution in [3.8, 4) is 0 Å². The normalized spacial score (nSPS) is 38.2. The first-order chi connectivity index (χ1) is 6.45. The molecule has 72 valence electrons. The molecule has 1 aliphatic heterocycles. The zero-order valence-corrected chi connectivity index (χ0v) is 8.31. The fourth-order valence-corrected chi connectivity index (χ4v) is 3.45. The SMILES string of the molecule is C1CCC2=C(C1)NC1CCCC[C@@H]21. The first kappa shape index (κ1) is 7.90. The number of allylic oxidation sites excluding steroid dienone is 1. The molecule has 0 saturated heterocycles. The average molecular weight is 177 g/mol. The van der Waals surface area contributed by atoms with E-state index in [4.69, 9.17) is 0 Å². The first-order valence-electron chi connectivity index (χ1n) is 5.93. The molecule has 2 atom stereocenters. The third-order valence-electron chi connectivity index (χ3n) is 4.08. The molecule has 13 heavy (non-hydrogen) atoms. The van der Waals surface area contributed by atoms with E-state index in [-0.39, 0.29) is 0 Å². The lowest BCUT2D eigenvalue weighted by molar-refractivity contribution is 0.336. The van der Waals surface area contributed by atoms with Crippen molar-refractivity contribution in [3.05, 3.63) is 11.3 Å². The zero-order valence-electron chi connectivity index (χ0n) is 8.31. The smallest absolute Gasteiger partial charge is 0.0324 e. The van der Waals surface area contributed by atoms with Crippen LogP contribution in [0.25, 0.3) is 0 Å². The molecule has 3 aliphatic rings. The molecule has 1 heteroatoms. The minimum Gasteiger partial charge on any atom is -0.385 e. The Labute approximate surface area is 80.6 Å². The van der Waals surface area contributed by atoms with Gasteiger partial charge >= 0.3 is 0 Å². The largest absolute Gasteiger partial charge is 0.385 e. The van der Waals surface area contributed by atoms with E-state index in [1.54, 1.807) is 5.70 Å². The molecule has 0 radical (unpaired) electrons. The number of nitrogens with one attached hydrogen (secondary N) is 1. The van der Waals surface area contributed by atoms with E-state index >= 15 is 0 Å². The summed E-state index contributed by atoms with van der Waals surface area (Å²) in [6.45, 7) is 0. The van der Waals surface area contributed by atoms with Gasteiger partial charge in [-0.2, -0.15) is 0 Å². The summed E-state index contributed by atoms with van der Waals surface area (Å²) in [5, 5.41) is 3.77. The molecule has 0 aromatic rings. The predicted molar refractivity (Wildman–Crippen MR) is 54.4 cm³/mol. The maximum Gasteiger partial charge on any atom is 0.0324 e. The van der Waals surface area contributed by atoms with Crippen LogP contribution < -0.4 is 5.32 Å². The van der Waals surface area contributed by atoms with Crippen LogP contribution in [0.1, 0.15) is 51.4 Å². The lowest BCUT2D eigenvalue weighted by atomic mass is 9.79. The summed E-state index contributed by atoms with van der Waals surface area (Å²) in [6.07, 6.45) is 11.4. The summed E-state index contributed by atoms with van der Waals surface area (Å²) in [6, 6.07) is 0.844. The summed E-state index contributed by atoms with van der Waals surface area (Å²) in [5.74, 6) is 0.948. The lowest BCUT2D eigenvalue weighted by Gasteiger charge is -2.27.